The minimum absolute atomic E-state index is 0.157. The normalized spacial score (nSPS) is 24.2. The van der Waals surface area contributed by atoms with Gasteiger partial charge in [-0.05, 0) is 79.7 Å². The Kier molecular flexibility index (Phi) is 8.94. The van der Waals surface area contributed by atoms with E-state index in [-0.39, 0.29) is 6.10 Å². The molecule has 0 N–H and O–H groups in total. The van der Waals surface area contributed by atoms with Crippen molar-refractivity contribution < 1.29 is 9.47 Å². The van der Waals surface area contributed by atoms with Crippen molar-refractivity contribution in [3.05, 3.63) is 59.7 Å². The molecule has 1 aliphatic heterocycles. The molecule has 0 spiro atoms. The van der Waals surface area contributed by atoms with Crippen molar-refractivity contribution in [3.63, 3.8) is 0 Å². The number of rotatable bonds is 10. The van der Waals surface area contributed by atoms with Crippen LogP contribution in [0.5, 0.6) is 11.5 Å². The first kappa shape index (κ1) is 25.1. The second-order valence-corrected chi connectivity index (χ2v) is 10.9. The summed E-state index contributed by atoms with van der Waals surface area (Å²) in [6, 6.07) is 17.7. The monoisotopic (exact) mass is 463 g/mol. The maximum atomic E-state index is 6.49. The van der Waals surface area contributed by atoms with Gasteiger partial charge in [-0.3, -0.25) is 4.90 Å². The molecule has 2 aromatic rings. The van der Waals surface area contributed by atoms with Crippen LogP contribution in [0.25, 0.3) is 0 Å². The molecular formula is C31H45NO2. The van der Waals surface area contributed by atoms with Crippen LogP contribution in [0.4, 0.5) is 0 Å². The Labute approximate surface area is 207 Å². The number of fused-ring (bicyclic) bond motifs is 1. The Morgan fingerprint density at radius 3 is 2.21 bits per heavy atom. The smallest absolute Gasteiger partial charge is 0.124 e. The van der Waals surface area contributed by atoms with E-state index in [0.29, 0.717) is 6.10 Å². The lowest BCUT2D eigenvalue weighted by Crippen LogP contribution is -2.44. The van der Waals surface area contributed by atoms with Crippen molar-refractivity contribution in [2.45, 2.75) is 97.3 Å². The number of hydrogen-bond acceptors (Lipinski definition) is 3. The summed E-state index contributed by atoms with van der Waals surface area (Å²) in [5, 5.41) is 0. The molecule has 186 valence electrons. The van der Waals surface area contributed by atoms with Crippen LogP contribution in [-0.4, -0.2) is 30.1 Å². The fraction of sp³-hybridized carbons (Fsp3) is 0.613. The molecule has 3 heteroatoms. The van der Waals surface area contributed by atoms with Crippen molar-refractivity contribution in [3.8, 4) is 11.5 Å². The molecule has 0 aromatic heterocycles. The summed E-state index contributed by atoms with van der Waals surface area (Å²) >= 11 is 0. The van der Waals surface area contributed by atoms with Gasteiger partial charge in [0.15, 0.2) is 0 Å². The van der Waals surface area contributed by atoms with Gasteiger partial charge in [0.2, 0.25) is 0 Å². The molecular weight excluding hydrogens is 418 g/mol. The van der Waals surface area contributed by atoms with Gasteiger partial charge in [0.1, 0.15) is 17.6 Å². The third-order valence-electron chi connectivity index (χ3n) is 8.10. The Morgan fingerprint density at radius 1 is 0.882 bits per heavy atom. The van der Waals surface area contributed by atoms with Crippen LogP contribution in [0.3, 0.4) is 0 Å². The zero-order valence-corrected chi connectivity index (χ0v) is 21.8. The van der Waals surface area contributed by atoms with Gasteiger partial charge in [0.25, 0.3) is 0 Å². The topological polar surface area (TPSA) is 21.7 Å². The first-order valence-corrected chi connectivity index (χ1v) is 13.8. The van der Waals surface area contributed by atoms with E-state index < -0.39 is 0 Å². The van der Waals surface area contributed by atoms with Crippen LogP contribution in [0.2, 0.25) is 0 Å². The van der Waals surface area contributed by atoms with E-state index in [1.807, 2.05) is 0 Å². The minimum atomic E-state index is 0.157. The first-order valence-electron chi connectivity index (χ1n) is 13.8. The van der Waals surface area contributed by atoms with Gasteiger partial charge in [-0.15, -0.1) is 0 Å². The number of aryl methyl sites for hydroxylation is 1. The quantitative estimate of drug-likeness (QED) is 0.358. The lowest BCUT2D eigenvalue weighted by Gasteiger charge is -2.39. The van der Waals surface area contributed by atoms with Crippen LogP contribution < -0.4 is 9.47 Å². The maximum absolute atomic E-state index is 6.49. The van der Waals surface area contributed by atoms with Gasteiger partial charge in [0, 0.05) is 19.1 Å². The number of ether oxygens (including phenoxy) is 2. The molecule has 2 aliphatic rings. The molecule has 1 fully saturated rings. The number of benzene rings is 2. The van der Waals surface area contributed by atoms with E-state index >= 15 is 0 Å². The summed E-state index contributed by atoms with van der Waals surface area (Å²) in [5.41, 5.74) is 2.55. The van der Waals surface area contributed by atoms with Crippen LogP contribution in [0.1, 0.15) is 89.9 Å². The Bertz CT molecular complexity index is 862. The van der Waals surface area contributed by atoms with Gasteiger partial charge < -0.3 is 9.47 Å². The summed E-state index contributed by atoms with van der Waals surface area (Å²) in [6.07, 6.45) is 9.92. The third kappa shape index (κ3) is 6.56. The molecule has 3 unspecified atom stereocenters. The number of hydrogen-bond donors (Lipinski definition) is 0. The molecule has 1 heterocycles. The summed E-state index contributed by atoms with van der Waals surface area (Å²) in [5.74, 6) is 3.58. The highest BCUT2D eigenvalue weighted by Crippen LogP contribution is 2.37. The predicted octanol–water partition coefficient (Wildman–Crippen LogP) is 7.84. The van der Waals surface area contributed by atoms with Gasteiger partial charge in [-0.1, -0.05) is 70.9 Å². The van der Waals surface area contributed by atoms with Crippen LogP contribution in [-0.2, 0) is 6.42 Å². The average Bonchev–Trinajstić information content (AvgIpc) is 2.88. The van der Waals surface area contributed by atoms with E-state index in [9.17, 15) is 0 Å². The molecule has 3 atom stereocenters. The summed E-state index contributed by atoms with van der Waals surface area (Å²) in [7, 11) is 0. The highest BCUT2D eigenvalue weighted by atomic mass is 16.5. The maximum Gasteiger partial charge on any atom is 0.124 e. The predicted molar refractivity (Wildman–Crippen MR) is 142 cm³/mol. The van der Waals surface area contributed by atoms with E-state index in [0.717, 1.165) is 55.1 Å². The van der Waals surface area contributed by atoms with E-state index in [1.165, 1.54) is 49.9 Å². The Morgan fingerprint density at radius 2 is 1.56 bits per heavy atom. The Hall–Kier alpha value is -2.00. The van der Waals surface area contributed by atoms with Gasteiger partial charge >= 0.3 is 0 Å². The highest BCUT2D eigenvalue weighted by Gasteiger charge is 2.29. The van der Waals surface area contributed by atoms with E-state index in [2.05, 4.69) is 81.1 Å². The number of nitrogens with zero attached hydrogens (tertiary/aromatic N) is 1. The summed E-state index contributed by atoms with van der Waals surface area (Å²) in [4.78, 5) is 2.80. The van der Waals surface area contributed by atoms with E-state index in [1.54, 1.807) is 0 Å². The second-order valence-electron chi connectivity index (χ2n) is 10.9. The largest absolute Gasteiger partial charge is 0.490 e. The molecule has 0 bridgehead atoms. The fourth-order valence-corrected chi connectivity index (χ4v) is 5.49. The second kappa shape index (κ2) is 12.1. The molecule has 34 heavy (non-hydrogen) atoms. The van der Waals surface area contributed by atoms with Crippen molar-refractivity contribution in [2.75, 3.05) is 13.1 Å². The molecule has 3 nitrogen and oxygen atoms in total. The SMILES string of the molecule is CCC(C)CN(CC(C)CC)C1CCC(Oc2ccc3c(c2)CCC(c2ccccc2)O3)CC1. The minimum Gasteiger partial charge on any atom is -0.490 e. The molecule has 2 aromatic carbocycles. The fourth-order valence-electron chi connectivity index (χ4n) is 5.49. The average molecular weight is 464 g/mol. The third-order valence-corrected chi connectivity index (χ3v) is 8.10. The van der Waals surface area contributed by atoms with Gasteiger partial charge in [-0.2, -0.15) is 0 Å². The zero-order chi connectivity index (χ0) is 23.9. The van der Waals surface area contributed by atoms with Crippen LogP contribution >= 0.6 is 0 Å². The van der Waals surface area contributed by atoms with E-state index in [4.69, 9.17) is 9.47 Å². The van der Waals surface area contributed by atoms with Crippen LogP contribution in [0, 0.1) is 11.8 Å². The van der Waals surface area contributed by atoms with Crippen molar-refractivity contribution in [2.24, 2.45) is 11.8 Å². The molecule has 1 saturated carbocycles. The standard InChI is InChI=1S/C31H45NO2/c1-5-23(3)21-32(22-24(4)6-2)27-13-15-28(16-14-27)33-29-17-19-31-26(20-29)12-18-30(34-31)25-10-8-7-9-11-25/h7-11,17,19-20,23-24,27-28,30H,5-6,12-16,18,21-22H2,1-4H3. The van der Waals surface area contributed by atoms with Crippen molar-refractivity contribution in [1.29, 1.82) is 0 Å². The van der Waals surface area contributed by atoms with Gasteiger partial charge in [-0.25, -0.2) is 0 Å². The summed E-state index contributed by atoms with van der Waals surface area (Å²) < 4.78 is 12.8. The Balaban J connectivity index is 1.31. The summed E-state index contributed by atoms with van der Waals surface area (Å²) in [6.45, 7) is 11.9. The highest BCUT2D eigenvalue weighted by molar-refractivity contribution is 5.42. The van der Waals surface area contributed by atoms with Crippen LogP contribution in [0.15, 0.2) is 48.5 Å². The van der Waals surface area contributed by atoms with Crippen molar-refractivity contribution in [1.82, 2.24) is 4.90 Å². The lowest BCUT2D eigenvalue weighted by molar-refractivity contribution is 0.0704. The molecule has 0 saturated heterocycles. The molecule has 1 aliphatic carbocycles. The van der Waals surface area contributed by atoms with Crippen molar-refractivity contribution >= 4 is 0 Å². The zero-order valence-electron chi connectivity index (χ0n) is 21.8. The molecule has 0 amide bonds. The molecule has 4 rings (SSSR count). The first-order chi connectivity index (χ1) is 16.6. The molecule has 0 radical (unpaired) electrons. The lowest BCUT2D eigenvalue weighted by atomic mass is 9.90. The van der Waals surface area contributed by atoms with Gasteiger partial charge in [0.05, 0.1) is 6.10 Å².